The van der Waals surface area contributed by atoms with Gasteiger partial charge in [0.25, 0.3) is 5.91 Å². The molecular formula is C11H15NOS. The minimum absolute atomic E-state index is 0.206. The lowest BCUT2D eigenvalue weighted by Gasteiger charge is -2.26. The van der Waals surface area contributed by atoms with Crippen molar-refractivity contribution in [2.24, 2.45) is 0 Å². The molecule has 2 rings (SSSR count). The fourth-order valence-corrected chi connectivity index (χ4v) is 2.37. The largest absolute Gasteiger partial charge is 0.333 e. The molecule has 1 aliphatic rings. The van der Waals surface area contributed by atoms with E-state index in [-0.39, 0.29) is 5.91 Å². The summed E-state index contributed by atoms with van der Waals surface area (Å²) in [5, 5.41) is 1.96. The monoisotopic (exact) mass is 209 g/mol. The zero-order valence-electron chi connectivity index (χ0n) is 8.56. The average molecular weight is 209 g/mol. The van der Waals surface area contributed by atoms with Gasteiger partial charge in [-0.2, -0.15) is 0 Å². The first kappa shape index (κ1) is 9.71. The molecule has 0 saturated heterocycles. The summed E-state index contributed by atoms with van der Waals surface area (Å²) >= 11 is 1.53. The Balaban J connectivity index is 2.15. The zero-order chi connectivity index (χ0) is 10.1. The Morgan fingerprint density at radius 3 is 2.71 bits per heavy atom. The molecule has 0 unspecified atom stereocenters. The van der Waals surface area contributed by atoms with Gasteiger partial charge in [0.05, 0.1) is 4.88 Å². The molecule has 1 heterocycles. The Hall–Kier alpha value is -0.830. The predicted molar refractivity (Wildman–Crippen MR) is 58.6 cm³/mol. The summed E-state index contributed by atoms with van der Waals surface area (Å²) in [4.78, 5) is 15.0. The normalized spacial score (nSPS) is 15.9. The minimum Gasteiger partial charge on any atom is -0.333 e. The van der Waals surface area contributed by atoms with Gasteiger partial charge in [0.1, 0.15) is 0 Å². The number of rotatable bonds is 3. The second-order valence-corrected chi connectivity index (χ2v) is 4.96. The molecule has 0 aliphatic heterocycles. The zero-order valence-corrected chi connectivity index (χ0v) is 9.38. The van der Waals surface area contributed by atoms with E-state index in [1.165, 1.54) is 24.2 Å². The molecule has 76 valence electrons. The van der Waals surface area contributed by atoms with Gasteiger partial charge in [0.2, 0.25) is 0 Å². The second kappa shape index (κ2) is 3.73. The second-order valence-electron chi connectivity index (χ2n) is 4.01. The van der Waals surface area contributed by atoms with Crippen LogP contribution in [0.2, 0.25) is 0 Å². The van der Waals surface area contributed by atoms with Crippen LogP contribution in [0.25, 0.3) is 0 Å². The van der Waals surface area contributed by atoms with E-state index in [4.69, 9.17) is 0 Å². The first-order chi connectivity index (χ1) is 6.70. The lowest BCUT2D eigenvalue weighted by atomic mass is 10.3. The fourth-order valence-electron chi connectivity index (χ4n) is 1.70. The molecule has 14 heavy (non-hydrogen) atoms. The molecule has 1 aliphatic carbocycles. The average Bonchev–Trinajstić information content (AvgIpc) is 2.82. The summed E-state index contributed by atoms with van der Waals surface area (Å²) in [6.45, 7) is 4.17. The molecule has 0 spiro atoms. The summed E-state index contributed by atoms with van der Waals surface area (Å²) in [7, 11) is 0. The standard InChI is InChI=1S/C11H15NOS/c1-8(2)12(9-5-6-9)11(13)10-4-3-7-14-10/h3-4,7-9H,5-6H2,1-2H3. The highest BCUT2D eigenvalue weighted by Crippen LogP contribution is 2.30. The lowest BCUT2D eigenvalue weighted by molar-refractivity contribution is 0.0695. The molecule has 0 N–H and O–H groups in total. The van der Waals surface area contributed by atoms with Gasteiger partial charge in [0.15, 0.2) is 0 Å². The van der Waals surface area contributed by atoms with Gasteiger partial charge in [0, 0.05) is 12.1 Å². The van der Waals surface area contributed by atoms with Crippen molar-refractivity contribution in [2.75, 3.05) is 0 Å². The highest BCUT2D eigenvalue weighted by atomic mass is 32.1. The molecule has 0 radical (unpaired) electrons. The van der Waals surface area contributed by atoms with Gasteiger partial charge >= 0.3 is 0 Å². The topological polar surface area (TPSA) is 20.3 Å². The number of carbonyl (C=O) groups excluding carboxylic acids is 1. The Labute approximate surface area is 88.5 Å². The summed E-state index contributed by atoms with van der Waals surface area (Å²) < 4.78 is 0. The molecule has 1 aromatic heterocycles. The smallest absolute Gasteiger partial charge is 0.264 e. The summed E-state index contributed by atoms with van der Waals surface area (Å²) in [6.07, 6.45) is 2.35. The van der Waals surface area contributed by atoms with Crippen LogP contribution in [0.5, 0.6) is 0 Å². The highest BCUT2D eigenvalue weighted by molar-refractivity contribution is 7.12. The van der Waals surface area contributed by atoms with Crippen LogP contribution < -0.4 is 0 Å². The number of carbonyl (C=O) groups is 1. The van der Waals surface area contributed by atoms with Gasteiger partial charge in [-0.1, -0.05) is 6.07 Å². The Bertz CT molecular complexity index is 312. The quantitative estimate of drug-likeness (QED) is 0.749. The highest BCUT2D eigenvalue weighted by Gasteiger charge is 2.34. The molecule has 1 fully saturated rings. The first-order valence-corrected chi connectivity index (χ1v) is 5.94. The van der Waals surface area contributed by atoms with E-state index in [1.54, 1.807) is 0 Å². The van der Waals surface area contributed by atoms with Crippen LogP contribution in [-0.2, 0) is 0 Å². The van der Waals surface area contributed by atoms with E-state index in [2.05, 4.69) is 13.8 Å². The molecule has 2 nitrogen and oxygen atoms in total. The van der Waals surface area contributed by atoms with Crippen molar-refractivity contribution in [1.82, 2.24) is 4.90 Å². The fraction of sp³-hybridized carbons (Fsp3) is 0.545. The maximum atomic E-state index is 12.1. The molecule has 0 atom stereocenters. The molecule has 1 saturated carbocycles. The number of hydrogen-bond acceptors (Lipinski definition) is 2. The number of thiophene rings is 1. The first-order valence-electron chi connectivity index (χ1n) is 5.06. The van der Waals surface area contributed by atoms with Gasteiger partial charge in [-0.25, -0.2) is 0 Å². The maximum Gasteiger partial charge on any atom is 0.264 e. The van der Waals surface area contributed by atoms with Crippen molar-refractivity contribution in [1.29, 1.82) is 0 Å². The number of amides is 1. The summed E-state index contributed by atoms with van der Waals surface area (Å²) in [5.74, 6) is 0.206. The van der Waals surface area contributed by atoms with Crippen molar-refractivity contribution in [3.8, 4) is 0 Å². The molecule has 1 amide bonds. The third kappa shape index (κ3) is 1.82. The van der Waals surface area contributed by atoms with E-state index in [1.807, 2.05) is 22.4 Å². The third-order valence-electron chi connectivity index (χ3n) is 2.46. The van der Waals surface area contributed by atoms with Crippen LogP contribution in [0.15, 0.2) is 17.5 Å². The van der Waals surface area contributed by atoms with Gasteiger partial charge in [-0.05, 0) is 38.1 Å². The van der Waals surface area contributed by atoms with E-state index < -0.39 is 0 Å². The van der Waals surface area contributed by atoms with Crippen LogP contribution in [0.4, 0.5) is 0 Å². The lowest BCUT2D eigenvalue weighted by Crippen LogP contribution is -2.38. The van der Waals surface area contributed by atoms with Crippen molar-refractivity contribution in [3.63, 3.8) is 0 Å². The van der Waals surface area contributed by atoms with Gasteiger partial charge < -0.3 is 4.90 Å². The molecular weight excluding hydrogens is 194 g/mol. The van der Waals surface area contributed by atoms with E-state index in [9.17, 15) is 4.79 Å². The van der Waals surface area contributed by atoms with Crippen molar-refractivity contribution < 1.29 is 4.79 Å². The van der Waals surface area contributed by atoms with Gasteiger partial charge in [-0.15, -0.1) is 11.3 Å². The molecule has 3 heteroatoms. The van der Waals surface area contributed by atoms with Crippen LogP contribution >= 0.6 is 11.3 Å². The maximum absolute atomic E-state index is 12.1. The number of hydrogen-bond donors (Lipinski definition) is 0. The van der Waals surface area contributed by atoms with Crippen LogP contribution in [0, 0.1) is 0 Å². The summed E-state index contributed by atoms with van der Waals surface area (Å²) in [5.41, 5.74) is 0. The minimum atomic E-state index is 0.206. The van der Waals surface area contributed by atoms with Crippen molar-refractivity contribution >= 4 is 17.2 Å². The van der Waals surface area contributed by atoms with E-state index in [0.717, 1.165) is 4.88 Å². The van der Waals surface area contributed by atoms with Crippen molar-refractivity contribution in [3.05, 3.63) is 22.4 Å². The summed E-state index contributed by atoms with van der Waals surface area (Å²) in [6, 6.07) is 4.66. The van der Waals surface area contributed by atoms with Crippen molar-refractivity contribution in [2.45, 2.75) is 38.8 Å². The van der Waals surface area contributed by atoms with Gasteiger partial charge in [-0.3, -0.25) is 4.79 Å². The molecule has 1 aromatic rings. The van der Waals surface area contributed by atoms with Crippen LogP contribution in [0.3, 0.4) is 0 Å². The third-order valence-corrected chi connectivity index (χ3v) is 3.32. The van der Waals surface area contributed by atoms with Crippen LogP contribution in [-0.4, -0.2) is 22.9 Å². The van der Waals surface area contributed by atoms with Crippen LogP contribution in [0.1, 0.15) is 36.4 Å². The Morgan fingerprint density at radius 2 is 2.29 bits per heavy atom. The van der Waals surface area contributed by atoms with E-state index >= 15 is 0 Å². The Kier molecular flexibility index (Phi) is 2.59. The molecule has 0 aromatic carbocycles. The SMILES string of the molecule is CC(C)N(C(=O)c1cccs1)C1CC1. The Morgan fingerprint density at radius 1 is 1.57 bits per heavy atom. The van der Waals surface area contributed by atoms with E-state index in [0.29, 0.717) is 12.1 Å². The number of nitrogens with zero attached hydrogens (tertiary/aromatic N) is 1. The molecule has 0 bridgehead atoms. The predicted octanol–water partition coefficient (Wildman–Crippen LogP) is 2.76.